The van der Waals surface area contributed by atoms with E-state index in [1.165, 1.54) is 32.1 Å². The predicted molar refractivity (Wildman–Crippen MR) is 106 cm³/mol. The highest BCUT2D eigenvalue weighted by Gasteiger charge is 2.38. The molecule has 0 aromatic rings. The van der Waals surface area contributed by atoms with Crippen molar-refractivity contribution in [2.45, 2.75) is 38.5 Å². The first-order valence-corrected chi connectivity index (χ1v) is 8.84. The molecule has 23 heavy (non-hydrogen) atoms. The van der Waals surface area contributed by atoms with Crippen LogP contribution in [0.3, 0.4) is 0 Å². The lowest BCUT2D eigenvalue weighted by atomic mass is 9.86. The average molecular weight is 439 g/mol. The van der Waals surface area contributed by atoms with E-state index in [9.17, 15) is 0 Å². The number of nitrogens with one attached hydrogen (secondary N) is 2. The molecule has 0 heterocycles. The van der Waals surface area contributed by atoms with Crippen LogP contribution in [0.15, 0.2) is 4.99 Å². The Morgan fingerprint density at radius 3 is 2.57 bits per heavy atom. The summed E-state index contributed by atoms with van der Waals surface area (Å²) in [6.45, 7) is 4.03. The van der Waals surface area contributed by atoms with Crippen LogP contribution >= 0.6 is 24.0 Å². The van der Waals surface area contributed by atoms with Crippen molar-refractivity contribution < 1.29 is 9.47 Å². The number of hydrogen-bond donors (Lipinski definition) is 2. The third-order valence-electron chi connectivity index (χ3n) is 5.11. The Morgan fingerprint density at radius 2 is 1.91 bits per heavy atom. The van der Waals surface area contributed by atoms with Crippen molar-refractivity contribution in [2.75, 3.05) is 47.1 Å². The van der Waals surface area contributed by atoms with E-state index in [1.54, 1.807) is 7.11 Å². The third-order valence-corrected chi connectivity index (χ3v) is 5.11. The van der Waals surface area contributed by atoms with Crippen LogP contribution in [0.5, 0.6) is 0 Å². The molecule has 2 aliphatic carbocycles. The van der Waals surface area contributed by atoms with E-state index >= 15 is 0 Å². The molecule has 2 fully saturated rings. The lowest BCUT2D eigenvalue weighted by Gasteiger charge is -2.22. The Balaban J connectivity index is 0.00000264. The molecule has 2 aliphatic rings. The van der Waals surface area contributed by atoms with Crippen molar-refractivity contribution >= 4 is 29.9 Å². The summed E-state index contributed by atoms with van der Waals surface area (Å²) < 4.78 is 10.4. The maximum Gasteiger partial charge on any atom is 0.190 e. The van der Waals surface area contributed by atoms with Gasteiger partial charge in [0.2, 0.25) is 0 Å². The summed E-state index contributed by atoms with van der Waals surface area (Å²) in [5.41, 5.74) is 0. The van der Waals surface area contributed by atoms with Crippen LogP contribution in [0.1, 0.15) is 38.5 Å². The fraction of sp³-hybridized carbons (Fsp3) is 0.941. The van der Waals surface area contributed by atoms with Crippen LogP contribution in [0, 0.1) is 17.8 Å². The number of hydrogen-bond acceptors (Lipinski definition) is 3. The molecule has 3 unspecified atom stereocenters. The van der Waals surface area contributed by atoms with Crippen LogP contribution < -0.4 is 10.6 Å². The van der Waals surface area contributed by atoms with Crippen molar-refractivity contribution in [1.82, 2.24) is 10.6 Å². The molecule has 0 aromatic heterocycles. The molecule has 0 saturated heterocycles. The zero-order valence-corrected chi connectivity index (χ0v) is 17.0. The Morgan fingerprint density at radius 1 is 1.09 bits per heavy atom. The van der Waals surface area contributed by atoms with E-state index in [1.807, 2.05) is 7.05 Å². The molecule has 2 saturated carbocycles. The highest BCUT2D eigenvalue weighted by molar-refractivity contribution is 14.0. The SMILES string of the molecule is CN=C(NCCCOCCOC)NCCC1CC2CCC1C2.I. The molecule has 0 aromatic carbocycles. The Labute approximate surface area is 158 Å². The summed E-state index contributed by atoms with van der Waals surface area (Å²) >= 11 is 0. The minimum atomic E-state index is 0. The molecule has 136 valence electrons. The van der Waals surface area contributed by atoms with Gasteiger partial charge in [0.05, 0.1) is 13.2 Å². The number of halogens is 1. The lowest BCUT2D eigenvalue weighted by molar-refractivity contribution is 0.0698. The first kappa shape index (κ1) is 21.0. The van der Waals surface area contributed by atoms with Crippen molar-refractivity contribution in [3.63, 3.8) is 0 Å². The van der Waals surface area contributed by atoms with Gasteiger partial charge in [-0.05, 0) is 49.9 Å². The zero-order valence-electron chi connectivity index (χ0n) is 14.7. The number of rotatable bonds is 10. The maximum atomic E-state index is 5.44. The summed E-state index contributed by atoms with van der Waals surface area (Å²) in [7, 11) is 3.53. The monoisotopic (exact) mass is 439 g/mol. The largest absolute Gasteiger partial charge is 0.382 e. The van der Waals surface area contributed by atoms with Gasteiger partial charge in [-0.2, -0.15) is 0 Å². The van der Waals surface area contributed by atoms with Gasteiger partial charge in [0.25, 0.3) is 0 Å². The highest BCUT2D eigenvalue weighted by Crippen LogP contribution is 2.49. The summed E-state index contributed by atoms with van der Waals surface area (Å²) in [5.74, 6) is 3.94. The molecule has 6 heteroatoms. The summed E-state index contributed by atoms with van der Waals surface area (Å²) in [4.78, 5) is 4.28. The highest BCUT2D eigenvalue weighted by atomic mass is 127. The van der Waals surface area contributed by atoms with Crippen molar-refractivity contribution in [1.29, 1.82) is 0 Å². The molecular weight excluding hydrogens is 405 g/mol. The van der Waals surface area contributed by atoms with Gasteiger partial charge in [-0.15, -0.1) is 24.0 Å². The Hall–Kier alpha value is -0.0800. The number of guanidine groups is 1. The average Bonchev–Trinajstić information content (AvgIpc) is 3.15. The van der Waals surface area contributed by atoms with Crippen molar-refractivity contribution in [3.8, 4) is 0 Å². The van der Waals surface area contributed by atoms with Crippen LogP contribution in [0.4, 0.5) is 0 Å². The smallest absolute Gasteiger partial charge is 0.190 e. The van der Waals surface area contributed by atoms with Crippen LogP contribution in [-0.2, 0) is 9.47 Å². The molecule has 2 N–H and O–H groups in total. The third kappa shape index (κ3) is 7.56. The topological polar surface area (TPSA) is 54.9 Å². The zero-order chi connectivity index (χ0) is 15.6. The molecular formula is C17H34IN3O2. The summed E-state index contributed by atoms with van der Waals surface area (Å²) in [6.07, 6.45) is 8.21. The van der Waals surface area contributed by atoms with Gasteiger partial charge in [0.15, 0.2) is 5.96 Å². The number of fused-ring (bicyclic) bond motifs is 2. The molecule has 0 aliphatic heterocycles. The molecule has 2 bridgehead atoms. The number of aliphatic imine (C=N–C) groups is 1. The van der Waals surface area contributed by atoms with E-state index in [0.717, 1.165) is 49.8 Å². The molecule has 0 spiro atoms. The number of nitrogens with zero attached hydrogens (tertiary/aromatic N) is 1. The Kier molecular flexibility index (Phi) is 11.2. The van der Waals surface area contributed by atoms with E-state index < -0.39 is 0 Å². The second kappa shape index (κ2) is 12.3. The van der Waals surface area contributed by atoms with E-state index in [2.05, 4.69) is 15.6 Å². The Bertz CT molecular complexity index is 342. The molecule has 0 amide bonds. The molecule has 5 nitrogen and oxygen atoms in total. The predicted octanol–water partition coefficient (Wildman–Crippen LogP) is 2.65. The minimum Gasteiger partial charge on any atom is -0.382 e. The second-order valence-electron chi connectivity index (χ2n) is 6.61. The van der Waals surface area contributed by atoms with Crippen LogP contribution in [-0.4, -0.2) is 53.0 Å². The number of ether oxygens (including phenoxy) is 2. The van der Waals surface area contributed by atoms with Gasteiger partial charge in [-0.3, -0.25) is 4.99 Å². The minimum absolute atomic E-state index is 0. The van der Waals surface area contributed by atoms with Crippen molar-refractivity contribution in [2.24, 2.45) is 22.7 Å². The van der Waals surface area contributed by atoms with Gasteiger partial charge in [0.1, 0.15) is 0 Å². The number of methoxy groups -OCH3 is 1. The van der Waals surface area contributed by atoms with Gasteiger partial charge in [-0.25, -0.2) is 0 Å². The van der Waals surface area contributed by atoms with Gasteiger partial charge in [0, 0.05) is 33.9 Å². The normalized spacial score (nSPS) is 26.2. The van der Waals surface area contributed by atoms with E-state index in [-0.39, 0.29) is 24.0 Å². The summed E-state index contributed by atoms with van der Waals surface area (Å²) in [5, 5.41) is 6.79. The fourth-order valence-corrected chi connectivity index (χ4v) is 3.95. The van der Waals surface area contributed by atoms with Gasteiger partial charge < -0.3 is 20.1 Å². The van der Waals surface area contributed by atoms with E-state index in [0.29, 0.717) is 13.2 Å². The summed E-state index contributed by atoms with van der Waals surface area (Å²) in [6, 6.07) is 0. The molecule has 0 radical (unpaired) electrons. The first-order valence-electron chi connectivity index (χ1n) is 8.84. The van der Waals surface area contributed by atoms with Crippen molar-refractivity contribution in [3.05, 3.63) is 0 Å². The standard InChI is InChI=1S/C17H33N3O2.HI/c1-18-17(19-7-3-9-22-11-10-21-2)20-8-6-16-13-14-4-5-15(16)12-14;/h14-16H,3-13H2,1-2H3,(H2,18,19,20);1H. The maximum absolute atomic E-state index is 5.44. The van der Waals surface area contributed by atoms with Gasteiger partial charge in [-0.1, -0.05) is 6.42 Å². The van der Waals surface area contributed by atoms with Gasteiger partial charge >= 0.3 is 0 Å². The van der Waals surface area contributed by atoms with Crippen LogP contribution in [0.2, 0.25) is 0 Å². The molecule has 2 rings (SSSR count). The van der Waals surface area contributed by atoms with Crippen LogP contribution in [0.25, 0.3) is 0 Å². The van der Waals surface area contributed by atoms with E-state index in [4.69, 9.17) is 9.47 Å². The lowest BCUT2D eigenvalue weighted by Crippen LogP contribution is -2.39. The fourth-order valence-electron chi connectivity index (χ4n) is 3.95. The molecule has 3 atom stereocenters. The second-order valence-corrected chi connectivity index (χ2v) is 6.61. The first-order chi connectivity index (χ1) is 10.8. The quantitative estimate of drug-likeness (QED) is 0.238.